The van der Waals surface area contributed by atoms with Crippen molar-refractivity contribution in [2.24, 2.45) is 0 Å². The van der Waals surface area contributed by atoms with Gasteiger partial charge in [-0.1, -0.05) is 17.7 Å². The van der Waals surface area contributed by atoms with Gasteiger partial charge < -0.3 is 10.1 Å². The number of halogens is 1. The number of nitrogens with one attached hydrogen (secondary N) is 1. The molecule has 1 aromatic rings. The molecule has 1 atom stereocenters. The zero-order valence-corrected chi connectivity index (χ0v) is 8.05. The van der Waals surface area contributed by atoms with E-state index in [2.05, 4.69) is 5.32 Å². The van der Waals surface area contributed by atoms with Crippen LogP contribution in [-0.4, -0.2) is 19.2 Å². The van der Waals surface area contributed by atoms with E-state index < -0.39 is 0 Å². The van der Waals surface area contributed by atoms with Crippen LogP contribution in [0.1, 0.15) is 6.42 Å². The molecule has 3 heteroatoms. The Morgan fingerprint density at radius 2 is 2.38 bits per heavy atom. The number of ether oxygens (including phenoxy) is 1. The van der Waals surface area contributed by atoms with E-state index in [0.717, 1.165) is 30.3 Å². The predicted molar refractivity (Wildman–Crippen MR) is 53.4 cm³/mol. The Balaban J connectivity index is 2.00. The van der Waals surface area contributed by atoms with Crippen LogP contribution in [0.15, 0.2) is 24.3 Å². The fourth-order valence-corrected chi connectivity index (χ4v) is 1.64. The Morgan fingerprint density at radius 3 is 3.08 bits per heavy atom. The quantitative estimate of drug-likeness (QED) is 0.784. The second-order valence-electron chi connectivity index (χ2n) is 3.19. The molecule has 0 aliphatic carbocycles. The highest BCUT2D eigenvalue weighted by Crippen LogP contribution is 2.19. The summed E-state index contributed by atoms with van der Waals surface area (Å²) < 4.78 is 5.71. The number of benzene rings is 1. The first-order valence-electron chi connectivity index (χ1n) is 4.47. The van der Waals surface area contributed by atoms with E-state index in [1.165, 1.54) is 0 Å². The zero-order chi connectivity index (χ0) is 9.10. The lowest BCUT2D eigenvalue weighted by Crippen LogP contribution is -2.19. The van der Waals surface area contributed by atoms with E-state index >= 15 is 0 Å². The van der Waals surface area contributed by atoms with Gasteiger partial charge in [-0.25, -0.2) is 0 Å². The minimum absolute atomic E-state index is 0.304. The summed E-state index contributed by atoms with van der Waals surface area (Å²) in [5, 5.41) is 3.97. The fraction of sp³-hybridized carbons (Fsp3) is 0.400. The molecule has 0 bridgehead atoms. The smallest absolute Gasteiger partial charge is 0.121 e. The first-order chi connectivity index (χ1) is 6.34. The molecular weight excluding hydrogens is 186 g/mol. The Morgan fingerprint density at radius 1 is 1.46 bits per heavy atom. The second-order valence-corrected chi connectivity index (χ2v) is 3.63. The molecule has 0 saturated carbocycles. The van der Waals surface area contributed by atoms with Crippen molar-refractivity contribution in [2.75, 3.05) is 13.1 Å². The van der Waals surface area contributed by atoms with Crippen molar-refractivity contribution in [3.05, 3.63) is 29.3 Å². The molecule has 1 aliphatic rings. The van der Waals surface area contributed by atoms with Gasteiger partial charge in [0.2, 0.25) is 0 Å². The molecule has 1 aliphatic heterocycles. The van der Waals surface area contributed by atoms with Gasteiger partial charge in [0.25, 0.3) is 0 Å². The van der Waals surface area contributed by atoms with Gasteiger partial charge in [0.15, 0.2) is 0 Å². The second kappa shape index (κ2) is 3.99. The lowest BCUT2D eigenvalue weighted by Gasteiger charge is -2.11. The summed E-state index contributed by atoms with van der Waals surface area (Å²) in [4.78, 5) is 0. The maximum atomic E-state index is 5.83. The van der Waals surface area contributed by atoms with Crippen molar-refractivity contribution < 1.29 is 4.74 Å². The molecule has 1 saturated heterocycles. The predicted octanol–water partition coefficient (Wildman–Crippen LogP) is 2.08. The summed E-state index contributed by atoms with van der Waals surface area (Å²) in [5.74, 6) is 0.862. The molecule has 1 fully saturated rings. The highest BCUT2D eigenvalue weighted by atomic mass is 35.5. The van der Waals surface area contributed by atoms with E-state index in [-0.39, 0.29) is 0 Å². The van der Waals surface area contributed by atoms with Gasteiger partial charge in [0.05, 0.1) is 0 Å². The summed E-state index contributed by atoms with van der Waals surface area (Å²) in [7, 11) is 0. The van der Waals surface area contributed by atoms with Crippen LogP contribution < -0.4 is 10.1 Å². The van der Waals surface area contributed by atoms with Crippen molar-refractivity contribution in [3.63, 3.8) is 0 Å². The molecule has 0 amide bonds. The SMILES string of the molecule is Clc1cccc(OC2CCNC2)c1. The van der Waals surface area contributed by atoms with Crippen molar-refractivity contribution in [3.8, 4) is 5.75 Å². The maximum absolute atomic E-state index is 5.83. The Labute approximate surface area is 82.9 Å². The molecular formula is C10H12ClNO. The largest absolute Gasteiger partial charge is 0.489 e. The summed E-state index contributed by atoms with van der Waals surface area (Å²) in [6.07, 6.45) is 1.38. The molecule has 0 spiro atoms. The van der Waals surface area contributed by atoms with Crippen LogP contribution in [0.5, 0.6) is 5.75 Å². The van der Waals surface area contributed by atoms with Crippen LogP contribution in [0.25, 0.3) is 0 Å². The molecule has 13 heavy (non-hydrogen) atoms. The Hall–Kier alpha value is -0.730. The number of hydrogen-bond donors (Lipinski definition) is 1. The molecule has 0 aromatic heterocycles. The molecule has 1 unspecified atom stereocenters. The number of rotatable bonds is 2. The van der Waals surface area contributed by atoms with Crippen molar-refractivity contribution in [1.82, 2.24) is 5.32 Å². The Kier molecular flexibility index (Phi) is 2.71. The standard InChI is InChI=1S/C10H12ClNO/c11-8-2-1-3-9(6-8)13-10-4-5-12-7-10/h1-3,6,10,12H,4-5,7H2. The minimum atomic E-state index is 0.304. The summed E-state index contributed by atoms with van der Waals surface area (Å²) in [6, 6.07) is 7.53. The minimum Gasteiger partial charge on any atom is -0.489 e. The lowest BCUT2D eigenvalue weighted by atomic mass is 10.3. The third-order valence-corrected chi connectivity index (χ3v) is 2.35. The molecule has 1 heterocycles. The van der Waals surface area contributed by atoms with E-state index in [9.17, 15) is 0 Å². The van der Waals surface area contributed by atoms with Crippen LogP contribution in [0.2, 0.25) is 5.02 Å². The monoisotopic (exact) mass is 197 g/mol. The van der Waals surface area contributed by atoms with Gasteiger partial charge in [-0.15, -0.1) is 0 Å². The highest BCUT2D eigenvalue weighted by Gasteiger charge is 2.15. The zero-order valence-electron chi connectivity index (χ0n) is 7.29. The average Bonchev–Trinajstić information content (AvgIpc) is 2.57. The normalized spacial score (nSPS) is 21.8. The van der Waals surface area contributed by atoms with Crippen LogP contribution in [0.3, 0.4) is 0 Å². The highest BCUT2D eigenvalue weighted by molar-refractivity contribution is 6.30. The maximum Gasteiger partial charge on any atom is 0.121 e. The van der Waals surface area contributed by atoms with Gasteiger partial charge in [-0.05, 0) is 31.2 Å². The lowest BCUT2D eigenvalue weighted by molar-refractivity contribution is 0.223. The van der Waals surface area contributed by atoms with Crippen molar-refractivity contribution in [2.45, 2.75) is 12.5 Å². The Bertz CT molecular complexity index is 284. The van der Waals surface area contributed by atoms with E-state index in [4.69, 9.17) is 16.3 Å². The molecule has 1 aromatic carbocycles. The topological polar surface area (TPSA) is 21.3 Å². The van der Waals surface area contributed by atoms with Crippen LogP contribution in [0.4, 0.5) is 0 Å². The van der Waals surface area contributed by atoms with Crippen LogP contribution in [-0.2, 0) is 0 Å². The third kappa shape index (κ3) is 2.36. The summed E-state index contributed by atoms with van der Waals surface area (Å²) >= 11 is 5.83. The summed E-state index contributed by atoms with van der Waals surface area (Å²) in [6.45, 7) is 1.98. The van der Waals surface area contributed by atoms with E-state index in [1.807, 2.05) is 24.3 Å². The molecule has 2 nitrogen and oxygen atoms in total. The van der Waals surface area contributed by atoms with Crippen molar-refractivity contribution in [1.29, 1.82) is 0 Å². The van der Waals surface area contributed by atoms with Gasteiger partial charge in [-0.2, -0.15) is 0 Å². The van der Waals surface area contributed by atoms with Crippen LogP contribution in [0, 0.1) is 0 Å². The van der Waals surface area contributed by atoms with Gasteiger partial charge in [0.1, 0.15) is 11.9 Å². The van der Waals surface area contributed by atoms with Gasteiger partial charge >= 0.3 is 0 Å². The molecule has 1 N–H and O–H groups in total. The van der Waals surface area contributed by atoms with Crippen LogP contribution >= 0.6 is 11.6 Å². The van der Waals surface area contributed by atoms with Crippen molar-refractivity contribution >= 4 is 11.6 Å². The number of hydrogen-bond acceptors (Lipinski definition) is 2. The van der Waals surface area contributed by atoms with Gasteiger partial charge in [-0.3, -0.25) is 0 Å². The van der Waals surface area contributed by atoms with Gasteiger partial charge in [0, 0.05) is 11.6 Å². The average molecular weight is 198 g/mol. The molecule has 2 rings (SSSR count). The first kappa shape index (κ1) is 8.85. The fourth-order valence-electron chi connectivity index (χ4n) is 1.46. The molecule has 70 valence electrons. The third-order valence-electron chi connectivity index (χ3n) is 2.11. The first-order valence-corrected chi connectivity index (χ1v) is 4.85. The molecule has 0 radical (unpaired) electrons. The van der Waals surface area contributed by atoms with E-state index in [1.54, 1.807) is 0 Å². The van der Waals surface area contributed by atoms with E-state index in [0.29, 0.717) is 6.10 Å². The summed E-state index contributed by atoms with van der Waals surface area (Å²) in [5.41, 5.74) is 0.